The lowest BCUT2D eigenvalue weighted by atomic mass is 9.81. The van der Waals surface area contributed by atoms with E-state index in [4.69, 9.17) is 5.73 Å². The molecule has 0 fully saturated rings. The van der Waals surface area contributed by atoms with E-state index in [1.54, 1.807) is 11.3 Å². The first-order valence-corrected chi connectivity index (χ1v) is 7.38. The average Bonchev–Trinajstić information content (AvgIpc) is 2.79. The highest BCUT2D eigenvalue weighted by molar-refractivity contribution is 7.12. The van der Waals surface area contributed by atoms with Crippen molar-refractivity contribution in [2.45, 2.75) is 46.6 Å². The lowest BCUT2D eigenvalue weighted by Crippen LogP contribution is -2.45. The van der Waals surface area contributed by atoms with Crippen molar-refractivity contribution in [1.82, 2.24) is 5.32 Å². The standard InChI is InChI=1S/C14H24N2OS/c1-5-14(6-2,9-15)13(17)16-11(4)12-8-7-10(3)18-12/h7-8,11H,5-6,9,15H2,1-4H3,(H,16,17). The summed E-state index contributed by atoms with van der Waals surface area (Å²) in [6.45, 7) is 8.55. The maximum absolute atomic E-state index is 12.4. The van der Waals surface area contributed by atoms with Crippen LogP contribution in [0.4, 0.5) is 0 Å². The Morgan fingerprint density at radius 2 is 2.06 bits per heavy atom. The maximum Gasteiger partial charge on any atom is 0.227 e. The highest BCUT2D eigenvalue weighted by atomic mass is 32.1. The van der Waals surface area contributed by atoms with Crippen molar-refractivity contribution in [3.8, 4) is 0 Å². The van der Waals surface area contributed by atoms with E-state index in [0.29, 0.717) is 6.54 Å². The molecule has 18 heavy (non-hydrogen) atoms. The third kappa shape index (κ3) is 3.12. The summed E-state index contributed by atoms with van der Waals surface area (Å²) in [5, 5.41) is 3.09. The Labute approximate surface area is 114 Å². The minimum atomic E-state index is -0.416. The zero-order valence-corrected chi connectivity index (χ0v) is 12.6. The molecule has 0 spiro atoms. The van der Waals surface area contributed by atoms with Crippen LogP contribution < -0.4 is 11.1 Å². The molecule has 1 amide bonds. The van der Waals surface area contributed by atoms with Gasteiger partial charge in [0.05, 0.1) is 11.5 Å². The summed E-state index contributed by atoms with van der Waals surface area (Å²) in [6, 6.07) is 4.21. The number of aryl methyl sites for hydroxylation is 1. The quantitative estimate of drug-likeness (QED) is 0.833. The van der Waals surface area contributed by atoms with E-state index in [9.17, 15) is 4.79 Å². The number of rotatable bonds is 6. The third-order valence-electron chi connectivity index (χ3n) is 3.76. The van der Waals surface area contributed by atoms with Crippen LogP contribution in [0.3, 0.4) is 0 Å². The Balaban J connectivity index is 2.75. The number of nitrogens with one attached hydrogen (secondary N) is 1. The minimum absolute atomic E-state index is 0.0558. The van der Waals surface area contributed by atoms with Gasteiger partial charge in [-0.1, -0.05) is 13.8 Å². The lowest BCUT2D eigenvalue weighted by molar-refractivity contribution is -0.131. The van der Waals surface area contributed by atoms with Gasteiger partial charge in [0.2, 0.25) is 5.91 Å². The predicted octanol–water partition coefficient (Wildman–Crippen LogP) is 3.00. The van der Waals surface area contributed by atoms with Crippen LogP contribution >= 0.6 is 11.3 Å². The van der Waals surface area contributed by atoms with Crippen molar-refractivity contribution in [1.29, 1.82) is 0 Å². The van der Waals surface area contributed by atoms with E-state index in [1.165, 1.54) is 9.75 Å². The van der Waals surface area contributed by atoms with Crippen molar-refractivity contribution < 1.29 is 4.79 Å². The molecule has 1 unspecified atom stereocenters. The molecule has 0 aliphatic carbocycles. The number of hydrogen-bond acceptors (Lipinski definition) is 3. The molecule has 3 N–H and O–H groups in total. The van der Waals surface area contributed by atoms with Crippen molar-refractivity contribution >= 4 is 17.2 Å². The zero-order valence-electron chi connectivity index (χ0n) is 11.7. The Morgan fingerprint density at radius 3 is 2.44 bits per heavy atom. The second-order valence-electron chi connectivity index (χ2n) is 4.84. The predicted molar refractivity (Wildman–Crippen MR) is 77.7 cm³/mol. The number of hydrogen-bond donors (Lipinski definition) is 2. The third-order valence-corrected chi connectivity index (χ3v) is 4.94. The van der Waals surface area contributed by atoms with Crippen LogP contribution in [0.15, 0.2) is 12.1 Å². The van der Waals surface area contributed by atoms with Crippen molar-refractivity contribution in [3.05, 3.63) is 21.9 Å². The van der Waals surface area contributed by atoms with Crippen LogP contribution in [-0.4, -0.2) is 12.5 Å². The Bertz CT molecular complexity index is 388. The van der Waals surface area contributed by atoms with Gasteiger partial charge in [-0.15, -0.1) is 11.3 Å². The van der Waals surface area contributed by atoms with Gasteiger partial charge >= 0.3 is 0 Å². The maximum atomic E-state index is 12.4. The fourth-order valence-electron chi connectivity index (χ4n) is 2.06. The van der Waals surface area contributed by atoms with E-state index in [0.717, 1.165) is 12.8 Å². The van der Waals surface area contributed by atoms with Gasteiger partial charge in [0.1, 0.15) is 0 Å². The summed E-state index contributed by atoms with van der Waals surface area (Å²) >= 11 is 1.73. The lowest BCUT2D eigenvalue weighted by Gasteiger charge is -2.30. The monoisotopic (exact) mass is 268 g/mol. The largest absolute Gasteiger partial charge is 0.348 e. The van der Waals surface area contributed by atoms with E-state index in [2.05, 4.69) is 24.4 Å². The van der Waals surface area contributed by atoms with Crippen molar-refractivity contribution in [2.24, 2.45) is 11.1 Å². The summed E-state index contributed by atoms with van der Waals surface area (Å²) in [5.74, 6) is 0.0774. The summed E-state index contributed by atoms with van der Waals surface area (Å²) in [7, 11) is 0. The first-order chi connectivity index (χ1) is 8.49. The number of nitrogens with two attached hydrogens (primary N) is 1. The SMILES string of the molecule is CCC(CC)(CN)C(=O)NC(C)c1ccc(C)s1. The number of thiophene rings is 1. The number of carbonyl (C=O) groups excluding carboxylic acids is 1. The topological polar surface area (TPSA) is 55.1 Å². The molecule has 0 saturated heterocycles. The van der Waals surface area contributed by atoms with Gasteiger partial charge in [0.15, 0.2) is 0 Å². The normalized spacial score (nSPS) is 13.4. The Hall–Kier alpha value is -0.870. The fraction of sp³-hybridized carbons (Fsp3) is 0.643. The van der Waals surface area contributed by atoms with Crippen LogP contribution in [0.25, 0.3) is 0 Å². The molecule has 0 saturated carbocycles. The van der Waals surface area contributed by atoms with E-state index >= 15 is 0 Å². The van der Waals surface area contributed by atoms with Gasteiger partial charge in [-0.2, -0.15) is 0 Å². The van der Waals surface area contributed by atoms with Gasteiger partial charge in [-0.05, 0) is 38.8 Å². The van der Waals surface area contributed by atoms with Crippen LogP contribution in [0.1, 0.15) is 49.4 Å². The number of amides is 1. The van der Waals surface area contributed by atoms with Crippen LogP contribution in [0, 0.1) is 12.3 Å². The van der Waals surface area contributed by atoms with Crippen molar-refractivity contribution in [3.63, 3.8) is 0 Å². The summed E-state index contributed by atoms with van der Waals surface area (Å²) in [6.07, 6.45) is 1.56. The second-order valence-corrected chi connectivity index (χ2v) is 6.15. The van der Waals surface area contributed by atoms with Gasteiger partial charge in [-0.25, -0.2) is 0 Å². The molecule has 0 bridgehead atoms. The van der Waals surface area contributed by atoms with Gasteiger partial charge in [0, 0.05) is 16.3 Å². The smallest absolute Gasteiger partial charge is 0.227 e. The van der Waals surface area contributed by atoms with Crippen LogP contribution in [0.2, 0.25) is 0 Å². The molecule has 1 aromatic rings. The van der Waals surface area contributed by atoms with Gasteiger partial charge in [-0.3, -0.25) is 4.79 Å². The van der Waals surface area contributed by atoms with Gasteiger partial charge < -0.3 is 11.1 Å². The summed E-state index contributed by atoms with van der Waals surface area (Å²) in [5.41, 5.74) is 5.37. The minimum Gasteiger partial charge on any atom is -0.348 e. The molecular weight excluding hydrogens is 244 g/mol. The Kier molecular flexibility index (Phi) is 5.35. The molecule has 0 radical (unpaired) electrons. The molecule has 1 heterocycles. The zero-order chi connectivity index (χ0) is 13.8. The Morgan fingerprint density at radius 1 is 1.44 bits per heavy atom. The highest BCUT2D eigenvalue weighted by Gasteiger charge is 2.34. The first kappa shape index (κ1) is 15.2. The molecule has 3 nitrogen and oxygen atoms in total. The second kappa shape index (κ2) is 6.34. The number of carbonyl (C=O) groups is 1. The molecule has 0 aliphatic heterocycles. The van der Waals surface area contributed by atoms with Gasteiger partial charge in [0.25, 0.3) is 0 Å². The fourth-order valence-corrected chi connectivity index (χ4v) is 2.94. The van der Waals surface area contributed by atoms with E-state index in [1.807, 2.05) is 20.8 Å². The van der Waals surface area contributed by atoms with Crippen molar-refractivity contribution in [2.75, 3.05) is 6.54 Å². The molecule has 0 aliphatic rings. The molecule has 1 aromatic heterocycles. The molecule has 1 rings (SSSR count). The molecule has 1 atom stereocenters. The van der Waals surface area contributed by atoms with Crippen LogP contribution in [-0.2, 0) is 4.79 Å². The molecule has 4 heteroatoms. The molecular formula is C14H24N2OS. The van der Waals surface area contributed by atoms with Crippen LogP contribution in [0.5, 0.6) is 0 Å². The summed E-state index contributed by atoms with van der Waals surface area (Å²) < 4.78 is 0. The highest BCUT2D eigenvalue weighted by Crippen LogP contribution is 2.28. The molecule has 0 aromatic carbocycles. The average molecular weight is 268 g/mol. The molecule has 102 valence electrons. The van der Waals surface area contributed by atoms with E-state index in [-0.39, 0.29) is 11.9 Å². The van der Waals surface area contributed by atoms with E-state index < -0.39 is 5.41 Å². The summed E-state index contributed by atoms with van der Waals surface area (Å²) in [4.78, 5) is 14.8. The first-order valence-electron chi connectivity index (χ1n) is 6.56.